The highest BCUT2D eigenvalue weighted by atomic mass is 16.5. The molecule has 1 amide bonds. The number of carbonyl (C=O) groups is 2. The summed E-state index contributed by atoms with van der Waals surface area (Å²) in [7, 11) is 0. The first kappa shape index (κ1) is 29.5. The monoisotopic (exact) mass is 541 g/mol. The number of amides is 1. The molecule has 40 heavy (non-hydrogen) atoms. The number of rotatable bonds is 8. The van der Waals surface area contributed by atoms with Gasteiger partial charge in [-0.25, -0.2) is 4.79 Å². The molecule has 0 saturated heterocycles. The van der Waals surface area contributed by atoms with Crippen LogP contribution < -0.4 is 5.32 Å². The van der Waals surface area contributed by atoms with Gasteiger partial charge in [0.25, 0.3) is 0 Å². The van der Waals surface area contributed by atoms with Gasteiger partial charge in [-0.1, -0.05) is 36.4 Å². The van der Waals surface area contributed by atoms with Crippen molar-refractivity contribution in [1.82, 2.24) is 0 Å². The Labute approximate surface area is 239 Å². The summed E-state index contributed by atoms with van der Waals surface area (Å²) >= 11 is 0. The second kappa shape index (κ2) is 11.2. The lowest BCUT2D eigenvalue weighted by Crippen LogP contribution is -2.29. The maximum absolute atomic E-state index is 13.3. The molecule has 1 aliphatic carbocycles. The molecule has 3 aromatic carbocycles. The Balaban J connectivity index is 2.11. The van der Waals surface area contributed by atoms with Crippen molar-refractivity contribution in [1.29, 1.82) is 0 Å². The van der Waals surface area contributed by atoms with Crippen LogP contribution in [0.1, 0.15) is 85.1 Å². The Kier molecular flexibility index (Phi) is 8.28. The quantitative estimate of drug-likeness (QED) is 0.300. The zero-order chi connectivity index (χ0) is 29.5. The van der Waals surface area contributed by atoms with Crippen molar-refractivity contribution in [3.05, 3.63) is 75.3 Å². The predicted molar refractivity (Wildman–Crippen MR) is 163 cm³/mol. The number of benzene rings is 3. The molecule has 5 heteroatoms. The molecule has 5 nitrogen and oxygen atoms in total. The van der Waals surface area contributed by atoms with Crippen molar-refractivity contribution >= 4 is 17.6 Å². The van der Waals surface area contributed by atoms with E-state index in [1.54, 1.807) is 0 Å². The minimum Gasteiger partial charge on any atom is -0.479 e. The van der Waals surface area contributed by atoms with E-state index in [9.17, 15) is 14.7 Å². The number of carbonyl (C=O) groups excluding carboxylic acids is 1. The zero-order valence-electron chi connectivity index (χ0n) is 25.4. The van der Waals surface area contributed by atoms with Gasteiger partial charge in [0.15, 0.2) is 6.10 Å². The molecule has 1 saturated carbocycles. The first-order valence-corrected chi connectivity index (χ1v) is 14.2. The molecule has 212 valence electrons. The molecule has 1 aliphatic rings. The molecule has 0 heterocycles. The summed E-state index contributed by atoms with van der Waals surface area (Å²) in [5.41, 5.74) is 10.5. The van der Waals surface area contributed by atoms with Crippen LogP contribution in [0.5, 0.6) is 0 Å². The lowest BCUT2D eigenvalue weighted by atomic mass is 9.81. The van der Waals surface area contributed by atoms with Gasteiger partial charge in [0.05, 0.1) is 11.3 Å². The summed E-state index contributed by atoms with van der Waals surface area (Å²) in [5.74, 6) is -0.669. The third-order valence-electron chi connectivity index (χ3n) is 8.03. The van der Waals surface area contributed by atoms with Gasteiger partial charge in [-0.2, -0.15) is 0 Å². The average molecular weight is 542 g/mol. The van der Waals surface area contributed by atoms with Crippen LogP contribution >= 0.6 is 0 Å². The van der Waals surface area contributed by atoms with Crippen LogP contribution in [0.25, 0.3) is 22.3 Å². The minimum absolute atomic E-state index is 0.0384. The van der Waals surface area contributed by atoms with Crippen molar-refractivity contribution in [3.63, 3.8) is 0 Å². The fraction of sp³-hybridized carbons (Fsp3) is 0.429. The van der Waals surface area contributed by atoms with Gasteiger partial charge < -0.3 is 15.2 Å². The second-order valence-electron chi connectivity index (χ2n) is 12.5. The lowest BCUT2D eigenvalue weighted by Gasteiger charge is -2.31. The smallest absolute Gasteiger partial charge is 0.337 e. The SMILES string of the molecule is Cc1ccc(-c2c(C)c(-c3ccc(C)c(C)c3)c(C(OC(C)(C)C)C(=O)O)c(C)c2NC(=O)CC2CC2)cc1C. The molecule has 1 unspecified atom stereocenters. The summed E-state index contributed by atoms with van der Waals surface area (Å²) in [6.45, 7) is 17.8. The highest BCUT2D eigenvalue weighted by molar-refractivity contribution is 6.01. The van der Waals surface area contributed by atoms with E-state index in [2.05, 4.69) is 69.4 Å². The van der Waals surface area contributed by atoms with Gasteiger partial charge in [-0.05, 0) is 131 Å². The van der Waals surface area contributed by atoms with Gasteiger partial charge in [0, 0.05) is 17.5 Å². The average Bonchev–Trinajstić information content (AvgIpc) is 3.67. The minimum atomic E-state index is -1.22. The fourth-order valence-corrected chi connectivity index (χ4v) is 5.40. The van der Waals surface area contributed by atoms with Gasteiger partial charge in [-0.15, -0.1) is 0 Å². The van der Waals surface area contributed by atoms with E-state index >= 15 is 0 Å². The highest BCUT2D eigenvalue weighted by Crippen LogP contribution is 2.47. The van der Waals surface area contributed by atoms with Crippen molar-refractivity contribution in [2.75, 3.05) is 5.32 Å². The highest BCUT2D eigenvalue weighted by Gasteiger charge is 2.35. The van der Waals surface area contributed by atoms with Crippen LogP contribution in [0, 0.1) is 47.5 Å². The molecule has 1 atom stereocenters. The first-order valence-electron chi connectivity index (χ1n) is 14.2. The van der Waals surface area contributed by atoms with E-state index in [1.807, 2.05) is 34.6 Å². The molecule has 0 spiro atoms. The second-order valence-corrected chi connectivity index (χ2v) is 12.5. The Morgan fingerprint density at radius 1 is 0.850 bits per heavy atom. The Hall–Kier alpha value is -3.44. The number of hydrogen-bond acceptors (Lipinski definition) is 3. The van der Waals surface area contributed by atoms with Gasteiger partial charge >= 0.3 is 5.97 Å². The third-order valence-corrected chi connectivity index (χ3v) is 8.03. The summed E-state index contributed by atoms with van der Waals surface area (Å²) in [6, 6.07) is 12.6. The largest absolute Gasteiger partial charge is 0.479 e. The molecule has 4 rings (SSSR count). The van der Waals surface area contributed by atoms with E-state index in [1.165, 1.54) is 11.1 Å². The molecule has 0 radical (unpaired) electrons. The van der Waals surface area contributed by atoms with Crippen LogP contribution in [0.15, 0.2) is 36.4 Å². The number of carboxylic acid groups (broad SMARTS) is 1. The maximum atomic E-state index is 13.3. The van der Waals surface area contributed by atoms with Gasteiger partial charge in [0.2, 0.25) is 5.91 Å². The molecule has 3 aromatic rings. The molecule has 1 fully saturated rings. The number of aliphatic carboxylic acids is 1. The summed E-state index contributed by atoms with van der Waals surface area (Å²) in [4.78, 5) is 26.1. The number of ether oxygens (including phenoxy) is 1. The van der Waals surface area contributed by atoms with Crippen molar-refractivity contribution < 1.29 is 19.4 Å². The third kappa shape index (κ3) is 6.31. The van der Waals surface area contributed by atoms with Crippen LogP contribution in [-0.2, 0) is 14.3 Å². The van der Waals surface area contributed by atoms with Crippen molar-refractivity contribution in [3.8, 4) is 22.3 Å². The van der Waals surface area contributed by atoms with Crippen molar-refractivity contribution in [2.45, 2.75) is 93.3 Å². The van der Waals surface area contributed by atoms with Crippen LogP contribution in [0.2, 0.25) is 0 Å². The number of nitrogens with one attached hydrogen (secondary N) is 1. The van der Waals surface area contributed by atoms with Crippen LogP contribution in [0.4, 0.5) is 5.69 Å². The Morgan fingerprint density at radius 3 is 1.82 bits per heavy atom. The Morgan fingerprint density at radius 2 is 1.38 bits per heavy atom. The number of anilines is 1. The standard InChI is InChI=1S/C35H43NO4/c1-19-10-14-26(16-21(19)3)29-23(5)30(27-15-11-20(2)22(4)17-27)32(36-28(37)18-25-12-13-25)24(6)31(29)33(34(38)39)40-35(7,8)9/h10-11,14-17,25,33H,12-13,18H2,1-9H3,(H,36,37)(H,38,39). The van der Waals surface area contributed by atoms with Gasteiger partial charge in [-0.3, -0.25) is 4.79 Å². The fourth-order valence-electron chi connectivity index (χ4n) is 5.40. The van der Waals surface area contributed by atoms with E-state index in [-0.39, 0.29) is 5.91 Å². The van der Waals surface area contributed by atoms with E-state index in [0.717, 1.165) is 51.8 Å². The predicted octanol–water partition coefficient (Wildman–Crippen LogP) is 8.55. The summed E-state index contributed by atoms with van der Waals surface area (Å²) < 4.78 is 6.24. The van der Waals surface area contributed by atoms with Gasteiger partial charge in [0.1, 0.15) is 0 Å². The van der Waals surface area contributed by atoms with E-state index in [4.69, 9.17) is 4.74 Å². The molecular weight excluding hydrogens is 498 g/mol. The number of carboxylic acids is 1. The van der Waals surface area contributed by atoms with Crippen LogP contribution in [-0.4, -0.2) is 22.6 Å². The summed E-state index contributed by atoms with van der Waals surface area (Å²) in [5, 5.41) is 13.7. The molecule has 0 bridgehead atoms. The molecule has 0 aliphatic heterocycles. The summed E-state index contributed by atoms with van der Waals surface area (Å²) in [6.07, 6.45) is 1.41. The molecule has 2 N–H and O–H groups in total. The van der Waals surface area contributed by atoms with E-state index in [0.29, 0.717) is 29.2 Å². The lowest BCUT2D eigenvalue weighted by molar-refractivity contribution is -0.160. The zero-order valence-corrected chi connectivity index (χ0v) is 25.4. The normalized spacial score (nSPS) is 14.2. The number of hydrogen-bond donors (Lipinski definition) is 2. The topological polar surface area (TPSA) is 75.6 Å². The molecule has 0 aromatic heterocycles. The molecular formula is C35H43NO4. The maximum Gasteiger partial charge on any atom is 0.337 e. The number of aryl methyl sites for hydroxylation is 4. The van der Waals surface area contributed by atoms with Crippen LogP contribution in [0.3, 0.4) is 0 Å². The van der Waals surface area contributed by atoms with Crippen molar-refractivity contribution in [2.24, 2.45) is 5.92 Å². The Bertz CT molecular complexity index is 1470. The first-order chi connectivity index (χ1) is 18.7. The van der Waals surface area contributed by atoms with E-state index < -0.39 is 17.7 Å².